The van der Waals surface area contributed by atoms with Gasteiger partial charge in [0.2, 0.25) is 0 Å². The highest BCUT2D eigenvalue weighted by Crippen LogP contribution is 2.17. The first-order valence-electron chi connectivity index (χ1n) is 12.6. The summed E-state index contributed by atoms with van der Waals surface area (Å²) in [7, 11) is 0. The Bertz CT molecular complexity index is 1190. The quantitative estimate of drug-likeness (QED) is 0.455. The lowest BCUT2D eigenvalue weighted by atomic mass is 10.1. The molecule has 0 radical (unpaired) electrons. The molecule has 5 rings (SSSR count). The second-order valence-electron chi connectivity index (χ2n) is 9.34. The molecule has 3 aromatic rings. The lowest BCUT2D eigenvalue weighted by Crippen LogP contribution is -2.47. The normalized spacial score (nSPS) is 16.2. The van der Waals surface area contributed by atoms with Gasteiger partial charge in [-0.05, 0) is 24.1 Å². The fraction of sp³-hybridized carbons (Fsp3) is 0.321. The number of amides is 2. The van der Waals surface area contributed by atoms with E-state index in [0.717, 1.165) is 22.6 Å². The van der Waals surface area contributed by atoms with E-state index in [2.05, 4.69) is 15.3 Å². The second kappa shape index (κ2) is 11.3. The predicted molar refractivity (Wildman–Crippen MR) is 142 cm³/mol. The number of carbonyl (C=O) groups is 2. The highest BCUT2D eigenvalue weighted by Gasteiger charge is 2.29. The summed E-state index contributed by atoms with van der Waals surface area (Å²) < 4.78 is 1.82. The van der Waals surface area contributed by atoms with Gasteiger partial charge in [-0.15, -0.1) is 0 Å². The Labute approximate surface area is 216 Å². The molecule has 0 saturated carbocycles. The standard InChI is InChI=1S/C28H31N7O2/c1-22(19-33-16-8-15-29-33)32(20-27(36)34-17-13-25(30-34)23-9-4-2-5-10-23)21-28(37)35-18-14-26(31-35)24-11-6-3-7-12-24/h2-12,15-16,22H,13-14,17-21H2,1H3/t22-/m0/s1. The van der Waals surface area contributed by atoms with Crippen molar-refractivity contribution < 1.29 is 9.59 Å². The Hall–Kier alpha value is -4.11. The highest BCUT2D eigenvalue weighted by atomic mass is 16.2. The number of benzene rings is 2. The first-order chi connectivity index (χ1) is 18.1. The third kappa shape index (κ3) is 6.00. The number of hydrogen-bond acceptors (Lipinski definition) is 6. The molecule has 0 spiro atoms. The van der Waals surface area contributed by atoms with Gasteiger partial charge in [-0.1, -0.05) is 60.7 Å². The molecule has 9 heteroatoms. The van der Waals surface area contributed by atoms with Crippen molar-refractivity contribution in [2.75, 3.05) is 26.2 Å². The number of nitrogens with zero attached hydrogens (tertiary/aromatic N) is 7. The van der Waals surface area contributed by atoms with Gasteiger partial charge in [-0.2, -0.15) is 15.3 Å². The Balaban J connectivity index is 1.28. The van der Waals surface area contributed by atoms with Gasteiger partial charge in [0.15, 0.2) is 0 Å². The van der Waals surface area contributed by atoms with Crippen molar-refractivity contribution in [3.8, 4) is 0 Å². The van der Waals surface area contributed by atoms with E-state index in [1.807, 2.05) is 89.4 Å². The fourth-order valence-electron chi connectivity index (χ4n) is 4.61. The molecule has 190 valence electrons. The average Bonchev–Trinajstić information content (AvgIpc) is 3.71. The van der Waals surface area contributed by atoms with E-state index in [-0.39, 0.29) is 30.9 Å². The van der Waals surface area contributed by atoms with Crippen LogP contribution in [0.25, 0.3) is 0 Å². The van der Waals surface area contributed by atoms with E-state index in [0.29, 0.717) is 32.5 Å². The molecule has 1 atom stereocenters. The molecule has 2 aliphatic rings. The minimum Gasteiger partial charge on any atom is -0.281 e. The van der Waals surface area contributed by atoms with E-state index in [9.17, 15) is 9.59 Å². The van der Waals surface area contributed by atoms with E-state index >= 15 is 0 Å². The molecule has 2 amide bonds. The number of hydrogen-bond donors (Lipinski definition) is 0. The third-order valence-electron chi connectivity index (χ3n) is 6.70. The smallest absolute Gasteiger partial charge is 0.256 e. The summed E-state index contributed by atoms with van der Waals surface area (Å²) in [6.07, 6.45) is 5.03. The molecule has 9 nitrogen and oxygen atoms in total. The van der Waals surface area contributed by atoms with Crippen molar-refractivity contribution in [1.82, 2.24) is 24.7 Å². The Morgan fingerprint density at radius 2 is 1.32 bits per heavy atom. The van der Waals surface area contributed by atoms with Crippen molar-refractivity contribution in [1.29, 1.82) is 0 Å². The lowest BCUT2D eigenvalue weighted by Gasteiger charge is -2.29. The van der Waals surface area contributed by atoms with Crippen LogP contribution in [0.15, 0.2) is 89.3 Å². The molecule has 0 unspecified atom stereocenters. The van der Waals surface area contributed by atoms with Gasteiger partial charge in [0.05, 0.1) is 44.1 Å². The molecule has 0 bridgehead atoms. The summed E-state index contributed by atoms with van der Waals surface area (Å²) in [5.41, 5.74) is 3.86. The molecular formula is C28H31N7O2. The molecular weight excluding hydrogens is 466 g/mol. The zero-order valence-electron chi connectivity index (χ0n) is 21.0. The molecule has 2 aromatic carbocycles. The summed E-state index contributed by atoms with van der Waals surface area (Å²) in [5, 5.41) is 16.5. The first-order valence-corrected chi connectivity index (χ1v) is 12.6. The monoisotopic (exact) mass is 497 g/mol. The number of aromatic nitrogens is 2. The molecule has 0 N–H and O–H groups in total. The summed E-state index contributed by atoms with van der Waals surface area (Å²) in [6, 6.07) is 21.6. The molecule has 0 aliphatic carbocycles. The minimum atomic E-state index is -0.124. The van der Waals surface area contributed by atoms with Crippen LogP contribution in [0.3, 0.4) is 0 Å². The zero-order chi connectivity index (χ0) is 25.6. The maximum atomic E-state index is 13.3. The van der Waals surface area contributed by atoms with Crippen LogP contribution < -0.4 is 0 Å². The Morgan fingerprint density at radius 3 is 1.78 bits per heavy atom. The van der Waals surface area contributed by atoms with Gasteiger partial charge in [0.25, 0.3) is 11.8 Å². The second-order valence-corrected chi connectivity index (χ2v) is 9.34. The number of rotatable bonds is 9. The van der Waals surface area contributed by atoms with E-state index in [4.69, 9.17) is 0 Å². The fourth-order valence-corrected chi connectivity index (χ4v) is 4.61. The number of hydrazone groups is 2. The van der Waals surface area contributed by atoms with Crippen LogP contribution in [0.1, 0.15) is 30.9 Å². The summed E-state index contributed by atoms with van der Waals surface area (Å²) in [5.74, 6) is -0.248. The zero-order valence-corrected chi connectivity index (χ0v) is 21.0. The van der Waals surface area contributed by atoms with Crippen LogP contribution >= 0.6 is 0 Å². The molecule has 1 aromatic heterocycles. The predicted octanol–water partition coefficient (Wildman–Crippen LogP) is 2.85. The van der Waals surface area contributed by atoms with Crippen molar-refractivity contribution in [2.24, 2.45) is 10.2 Å². The minimum absolute atomic E-state index is 0.0862. The Morgan fingerprint density at radius 1 is 0.811 bits per heavy atom. The molecule has 0 fully saturated rings. The van der Waals surface area contributed by atoms with E-state index < -0.39 is 0 Å². The number of carbonyl (C=O) groups excluding carboxylic acids is 2. The Kier molecular flexibility index (Phi) is 7.51. The van der Waals surface area contributed by atoms with Crippen molar-refractivity contribution in [2.45, 2.75) is 32.4 Å². The molecule has 3 heterocycles. The van der Waals surface area contributed by atoms with Gasteiger partial charge in [-0.3, -0.25) is 19.2 Å². The molecule has 0 saturated heterocycles. The van der Waals surface area contributed by atoms with Gasteiger partial charge in [0.1, 0.15) is 0 Å². The largest absolute Gasteiger partial charge is 0.281 e. The summed E-state index contributed by atoms with van der Waals surface area (Å²) >= 11 is 0. The van der Waals surface area contributed by atoms with E-state index in [1.165, 1.54) is 10.0 Å². The maximum Gasteiger partial charge on any atom is 0.256 e. The van der Waals surface area contributed by atoms with Crippen LogP contribution in [0.5, 0.6) is 0 Å². The summed E-state index contributed by atoms with van der Waals surface area (Å²) in [6.45, 7) is 3.81. The third-order valence-corrected chi connectivity index (χ3v) is 6.70. The van der Waals surface area contributed by atoms with Crippen LogP contribution in [-0.2, 0) is 16.1 Å². The average molecular weight is 498 g/mol. The van der Waals surface area contributed by atoms with Gasteiger partial charge >= 0.3 is 0 Å². The van der Waals surface area contributed by atoms with Crippen LogP contribution in [0.2, 0.25) is 0 Å². The van der Waals surface area contributed by atoms with Gasteiger partial charge in [0, 0.05) is 31.3 Å². The highest BCUT2D eigenvalue weighted by molar-refractivity contribution is 6.03. The van der Waals surface area contributed by atoms with Crippen molar-refractivity contribution in [3.05, 3.63) is 90.3 Å². The van der Waals surface area contributed by atoms with E-state index in [1.54, 1.807) is 6.20 Å². The lowest BCUT2D eigenvalue weighted by molar-refractivity contribution is -0.136. The molecule has 2 aliphatic heterocycles. The first kappa shape index (κ1) is 24.6. The van der Waals surface area contributed by atoms with Gasteiger partial charge in [-0.25, -0.2) is 10.0 Å². The van der Waals surface area contributed by atoms with Crippen LogP contribution in [0.4, 0.5) is 0 Å². The van der Waals surface area contributed by atoms with Gasteiger partial charge < -0.3 is 0 Å². The van der Waals surface area contributed by atoms with Crippen molar-refractivity contribution >= 4 is 23.2 Å². The topological polar surface area (TPSA) is 86.4 Å². The molecule has 37 heavy (non-hydrogen) atoms. The van der Waals surface area contributed by atoms with Crippen LogP contribution in [-0.4, -0.2) is 80.2 Å². The van der Waals surface area contributed by atoms with Crippen LogP contribution in [0, 0.1) is 0 Å². The van der Waals surface area contributed by atoms with Crippen molar-refractivity contribution in [3.63, 3.8) is 0 Å². The SMILES string of the molecule is C[C@@H](Cn1cccn1)N(CC(=O)N1CCC(c2ccccc2)=N1)CC(=O)N1CCC(c2ccccc2)=N1. The maximum absolute atomic E-state index is 13.3. The summed E-state index contributed by atoms with van der Waals surface area (Å²) in [4.78, 5) is 28.5.